The van der Waals surface area contributed by atoms with E-state index in [2.05, 4.69) is 15.2 Å². The second-order valence-corrected chi connectivity index (χ2v) is 9.39. The van der Waals surface area contributed by atoms with Gasteiger partial charge < -0.3 is 0 Å². The summed E-state index contributed by atoms with van der Waals surface area (Å²) in [5.74, 6) is 0. The summed E-state index contributed by atoms with van der Waals surface area (Å²) in [7, 11) is -3.13. The fourth-order valence-corrected chi connectivity index (χ4v) is 4.71. The highest BCUT2D eigenvalue weighted by Gasteiger charge is 2.31. The summed E-state index contributed by atoms with van der Waals surface area (Å²) in [6, 6.07) is 0.258. The Morgan fingerprint density at radius 1 is 1.17 bits per heavy atom. The fourth-order valence-electron chi connectivity index (χ4n) is 3.39. The summed E-state index contributed by atoms with van der Waals surface area (Å²) in [4.78, 5) is 2.41. The van der Waals surface area contributed by atoms with Gasteiger partial charge >= 0.3 is 0 Å². The third kappa shape index (κ3) is 3.75. The lowest BCUT2D eigenvalue weighted by atomic mass is 10.1. The maximum absolute atomic E-state index is 12.2. The van der Waals surface area contributed by atoms with Crippen LogP contribution >= 0.6 is 0 Å². The van der Waals surface area contributed by atoms with E-state index in [1.165, 1.54) is 12.8 Å². The van der Waals surface area contributed by atoms with Crippen molar-refractivity contribution < 1.29 is 8.42 Å². The summed E-state index contributed by atoms with van der Waals surface area (Å²) in [6.07, 6.45) is 6.19. The van der Waals surface area contributed by atoms with E-state index in [1.54, 1.807) is 18.2 Å². The minimum atomic E-state index is -3.13. The maximum Gasteiger partial charge on any atom is 0.216 e. The Labute approximate surface area is 138 Å². The SMILES string of the molecule is CC(C)S(=O)(=O)N1CCC(n2cc(CN3CCCC3)nn2)CC1. The summed E-state index contributed by atoms with van der Waals surface area (Å²) < 4.78 is 28.0. The van der Waals surface area contributed by atoms with Gasteiger partial charge in [0.2, 0.25) is 10.0 Å². The van der Waals surface area contributed by atoms with Crippen LogP contribution in [0.4, 0.5) is 0 Å². The van der Waals surface area contributed by atoms with Crippen molar-refractivity contribution in [2.45, 2.75) is 57.4 Å². The lowest BCUT2D eigenvalue weighted by Crippen LogP contribution is -2.42. The van der Waals surface area contributed by atoms with Gasteiger partial charge in [-0.1, -0.05) is 5.21 Å². The number of hydrogen-bond donors (Lipinski definition) is 0. The number of likely N-dealkylation sites (tertiary alicyclic amines) is 1. The zero-order valence-corrected chi connectivity index (χ0v) is 14.9. The van der Waals surface area contributed by atoms with Gasteiger partial charge in [0, 0.05) is 19.6 Å². The van der Waals surface area contributed by atoms with Gasteiger partial charge in [0.25, 0.3) is 0 Å². The zero-order valence-electron chi connectivity index (χ0n) is 14.1. The van der Waals surface area contributed by atoms with Crippen molar-refractivity contribution in [1.29, 1.82) is 0 Å². The molecule has 0 aromatic carbocycles. The van der Waals surface area contributed by atoms with Gasteiger partial charge in [-0.25, -0.2) is 17.4 Å². The third-order valence-corrected chi connectivity index (χ3v) is 7.17. The molecule has 0 unspecified atom stereocenters. The molecule has 0 saturated carbocycles. The molecule has 0 radical (unpaired) electrons. The van der Waals surface area contributed by atoms with Crippen LogP contribution in [0.5, 0.6) is 0 Å². The molecule has 1 aromatic heterocycles. The molecular weight excluding hydrogens is 314 g/mol. The molecule has 2 aliphatic heterocycles. The lowest BCUT2D eigenvalue weighted by Gasteiger charge is -2.32. The minimum Gasteiger partial charge on any atom is -0.297 e. The molecule has 2 saturated heterocycles. The van der Waals surface area contributed by atoms with Gasteiger partial charge in [-0.15, -0.1) is 5.10 Å². The fraction of sp³-hybridized carbons (Fsp3) is 0.867. The van der Waals surface area contributed by atoms with Crippen LogP contribution in [0.2, 0.25) is 0 Å². The van der Waals surface area contributed by atoms with E-state index in [-0.39, 0.29) is 11.3 Å². The smallest absolute Gasteiger partial charge is 0.216 e. The Morgan fingerprint density at radius 2 is 1.83 bits per heavy atom. The Hall–Kier alpha value is -0.990. The second kappa shape index (κ2) is 6.86. The molecular formula is C15H27N5O2S. The van der Waals surface area contributed by atoms with Crippen LogP contribution in [0.25, 0.3) is 0 Å². The quantitative estimate of drug-likeness (QED) is 0.806. The molecule has 7 nitrogen and oxygen atoms in total. The third-order valence-electron chi connectivity index (χ3n) is 4.90. The molecule has 2 fully saturated rings. The summed E-state index contributed by atoms with van der Waals surface area (Å²) in [6.45, 7) is 7.81. The average molecular weight is 341 g/mol. The van der Waals surface area contributed by atoms with Gasteiger partial charge in [0.05, 0.1) is 23.2 Å². The molecule has 0 N–H and O–H groups in total. The molecule has 1 aromatic rings. The molecule has 8 heteroatoms. The topological polar surface area (TPSA) is 71.3 Å². The van der Waals surface area contributed by atoms with E-state index in [4.69, 9.17) is 0 Å². The van der Waals surface area contributed by atoms with Crippen molar-refractivity contribution in [3.63, 3.8) is 0 Å². The predicted octanol–water partition coefficient (Wildman–Crippen LogP) is 1.25. The normalized spacial score (nSPS) is 22.2. The van der Waals surface area contributed by atoms with Crippen molar-refractivity contribution >= 4 is 10.0 Å². The van der Waals surface area contributed by atoms with Crippen LogP contribution in [0.15, 0.2) is 6.20 Å². The largest absolute Gasteiger partial charge is 0.297 e. The van der Waals surface area contributed by atoms with Gasteiger partial charge in [-0.2, -0.15) is 0 Å². The number of rotatable bonds is 5. The van der Waals surface area contributed by atoms with Gasteiger partial charge in [0.15, 0.2) is 0 Å². The molecule has 0 atom stereocenters. The van der Waals surface area contributed by atoms with Gasteiger partial charge in [0.1, 0.15) is 0 Å². The Bertz CT molecular complexity index is 614. The first-order valence-corrected chi connectivity index (χ1v) is 10.1. The van der Waals surface area contributed by atoms with Crippen molar-refractivity contribution in [3.8, 4) is 0 Å². The number of aromatic nitrogens is 3. The Kier molecular flexibility index (Phi) is 5.03. The van der Waals surface area contributed by atoms with Gasteiger partial charge in [-0.3, -0.25) is 4.90 Å². The highest BCUT2D eigenvalue weighted by molar-refractivity contribution is 7.89. The van der Waals surface area contributed by atoms with Crippen LogP contribution in [-0.4, -0.2) is 64.0 Å². The average Bonchev–Trinajstić information content (AvgIpc) is 3.19. The van der Waals surface area contributed by atoms with Gasteiger partial charge in [-0.05, 0) is 52.6 Å². The monoisotopic (exact) mass is 341 g/mol. The highest BCUT2D eigenvalue weighted by atomic mass is 32.2. The molecule has 3 rings (SSSR count). The molecule has 23 heavy (non-hydrogen) atoms. The van der Waals surface area contributed by atoms with Crippen LogP contribution < -0.4 is 0 Å². The molecule has 0 amide bonds. The standard InChI is InChI=1S/C15H27N5O2S/c1-13(2)23(21,22)19-9-5-15(6-10-19)20-12-14(16-17-20)11-18-7-3-4-8-18/h12-13,15H,3-11H2,1-2H3. The predicted molar refractivity (Wildman–Crippen MR) is 88.4 cm³/mol. The van der Waals surface area contributed by atoms with Crippen LogP contribution in [0, 0.1) is 0 Å². The zero-order chi connectivity index (χ0) is 16.4. The summed E-state index contributed by atoms with van der Waals surface area (Å²) in [5.41, 5.74) is 1.02. The van der Waals surface area contributed by atoms with Crippen molar-refractivity contribution in [2.24, 2.45) is 0 Å². The first-order valence-electron chi connectivity index (χ1n) is 8.59. The minimum absolute atomic E-state index is 0.258. The summed E-state index contributed by atoms with van der Waals surface area (Å²) >= 11 is 0. The number of nitrogens with zero attached hydrogens (tertiary/aromatic N) is 5. The summed E-state index contributed by atoms with van der Waals surface area (Å²) in [5, 5.41) is 8.22. The molecule has 0 bridgehead atoms. The first-order chi connectivity index (χ1) is 11.0. The van der Waals surface area contributed by atoms with Crippen LogP contribution in [0.3, 0.4) is 0 Å². The van der Waals surface area contributed by atoms with E-state index < -0.39 is 10.0 Å². The molecule has 0 spiro atoms. The van der Waals surface area contributed by atoms with E-state index in [1.807, 2.05) is 10.9 Å². The maximum atomic E-state index is 12.2. The lowest BCUT2D eigenvalue weighted by molar-refractivity contribution is 0.257. The van der Waals surface area contributed by atoms with E-state index in [0.717, 1.165) is 38.2 Å². The van der Waals surface area contributed by atoms with Crippen LogP contribution in [0.1, 0.15) is 51.3 Å². The van der Waals surface area contributed by atoms with Crippen molar-refractivity contribution in [1.82, 2.24) is 24.2 Å². The number of hydrogen-bond acceptors (Lipinski definition) is 5. The van der Waals surface area contributed by atoms with E-state index in [0.29, 0.717) is 13.1 Å². The highest BCUT2D eigenvalue weighted by Crippen LogP contribution is 2.25. The number of piperidine rings is 1. The molecule has 2 aliphatic rings. The Morgan fingerprint density at radius 3 is 2.43 bits per heavy atom. The second-order valence-electron chi connectivity index (χ2n) is 6.90. The number of sulfonamides is 1. The van der Waals surface area contributed by atoms with E-state index >= 15 is 0 Å². The van der Waals surface area contributed by atoms with Crippen molar-refractivity contribution in [2.75, 3.05) is 26.2 Å². The molecule has 3 heterocycles. The van der Waals surface area contributed by atoms with Crippen LogP contribution in [-0.2, 0) is 16.6 Å². The molecule has 130 valence electrons. The van der Waals surface area contributed by atoms with E-state index in [9.17, 15) is 8.42 Å². The first kappa shape index (κ1) is 16.9. The van der Waals surface area contributed by atoms with Crippen molar-refractivity contribution in [3.05, 3.63) is 11.9 Å². The molecule has 0 aliphatic carbocycles. The Balaban J connectivity index is 1.56.